The van der Waals surface area contributed by atoms with E-state index in [4.69, 9.17) is 46.1 Å². The van der Waals surface area contributed by atoms with Crippen molar-refractivity contribution in [2.45, 2.75) is 109 Å². The Morgan fingerprint density at radius 1 is 0.338 bits per heavy atom. The average molecular weight is 989 g/mol. The summed E-state index contributed by atoms with van der Waals surface area (Å²) >= 11 is 0. The molecule has 0 fully saturated rings. The first-order valence-corrected chi connectivity index (χ1v) is 26.3. The lowest BCUT2D eigenvalue weighted by molar-refractivity contribution is 0.120. The molecular weight excluding hydrogens is 931 g/mol. The third-order valence-corrected chi connectivity index (χ3v) is 15.1. The molecule has 11 rings (SSSR count). The summed E-state index contributed by atoms with van der Waals surface area (Å²) in [5, 5.41) is 0. The van der Waals surface area contributed by atoms with Gasteiger partial charge in [0.15, 0.2) is 51.6 Å². The topological polar surface area (TPSA) is 92.3 Å². The highest BCUT2D eigenvalue weighted by Gasteiger charge is 2.47. The van der Waals surface area contributed by atoms with E-state index >= 15 is 0 Å². The number of hydrogen-bond acceptors (Lipinski definition) is 10. The molecule has 7 aromatic carbocycles. The fraction of sp³-hybridized carbons (Fsp3) is 0.288. The number of para-hydroxylation sites is 5. The van der Waals surface area contributed by atoms with Gasteiger partial charge in [0.25, 0.3) is 0 Å². The van der Waals surface area contributed by atoms with Gasteiger partial charge < -0.3 is 41.6 Å². The van der Waals surface area contributed by atoms with Crippen molar-refractivity contribution in [3.05, 3.63) is 197 Å². The van der Waals surface area contributed by atoms with Crippen molar-refractivity contribution in [3.8, 4) is 51.7 Å². The second-order valence-electron chi connectivity index (χ2n) is 21.0. The molecule has 0 aromatic heterocycles. The fourth-order valence-electron chi connectivity index (χ4n) is 10.1. The van der Waals surface area contributed by atoms with Crippen molar-refractivity contribution < 1.29 is 46.1 Å². The molecule has 12 heteroatoms. The fourth-order valence-corrected chi connectivity index (χ4v) is 12.4. The average Bonchev–Trinajstić information content (AvgIpc) is 4.05. The molecule has 0 amide bonds. The Balaban J connectivity index is 1.06. The van der Waals surface area contributed by atoms with Crippen molar-refractivity contribution >= 4 is 17.2 Å². The van der Waals surface area contributed by atoms with Crippen LogP contribution in [0.2, 0.25) is 0 Å². The first-order chi connectivity index (χ1) is 34.0. The monoisotopic (exact) mass is 988 g/mol. The van der Waals surface area contributed by atoms with Crippen LogP contribution in [0.15, 0.2) is 158 Å². The third kappa shape index (κ3) is 9.46. The Morgan fingerprint density at radius 2 is 0.634 bits per heavy atom. The van der Waals surface area contributed by atoms with Crippen LogP contribution in [0.5, 0.6) is 51.7 Å². The van der Waals surface area contributed by atoms with E-state index in [9.17, 15) is 0 Å². The van der Waals surface area contributed by atoms with Gasteiger partial charge >= 0.3 is 17.2 Å². The Hall–Kier alpha value is -6.44. The van der Waals surface area contributed by atoms with Crippen LogP contribution < -0.4 is 41.6 Å². The van der Waals surface area contributed by atoms with Gasteiger partial charge in [0.05, 0.1) is 0 Å². The first-order valence-electron chi connectivity index (χ1n) is 24.2. The molecule has 4 aliphatic heterocycles. The molecule has 7 aromatic rings. The number of ether oxygens (including phenoxy) is 4. The number of benzene rings is 7. The lowest BCUT2D eigenvalue weighted by Crippen LogP contribution is -2.33. The van der Waals surface area contributed by atoms with Gasteiger partial charge in [0, 0.05) is 53.5 Å². The molecule has 0 saturated heterocycles. The highest BCUT2D eigenvalue weighted by Crippen LogP contribution is 2.60. The molecule has 10 nitrogen and oxygen atoms in total. The van der Waals surface area contributed by atoms with Crippen molar-refractivity contribution in [3.63, 3.8) is 0 Å². The number of hydrogen-bond donors (Lipinski definition) is 0. The molecule has 0 saturated carbocycles. The van der Waals surface area contributed by atoms with Gasteiger partial charge in [-0.25, -0.2) is 0 Å². The summed E-state index contributed by atoms with van der Waals surface area (Å²) in [6, 6.07) is 51.7. The zero-order chi connectivity index (χ0) is 49.2. The van der Waals surface area contributed by atoms with Crippen molar-refractivity contribution in [1.82, 2.24) is 0 Å². The van der Waals surface area contributed by atoms with Gasteiger partial charge in [-0.3, -0.25) is 4.52 Å². The van der Waals surface area contributed by atoms with Crippen LogP contribution in [-0.2, 0) is 35.8 Å². The molecule has 4 heterocycles. The molecular formula is C59H58O10P2. The molecule has 0 bridgehead atoms. The summed E-state index contributed by atoms with van der Waals surface area (Å²) in [6.45, 7) is 16.6. The Morgan fingerprint density at radius 3 is 1.00 bits per heavy atom. The highest BCUT2D eigenvalue weighted by molar-refractivity contribution is 7.43. The smallest absolute Gasteiger partial charge is 0.483 e. The molecule has 0 unspecified atom stereocenters. The minimum absolute atomic E-state index is 0.423. The first kappa shape index (κ1) is 46.9. The zero-order valence-electron chi connectivity index (χ0n) is 41.3. The van der Waals surface area contributed by atoms with Gasteiger partial charge in [-0.2, -0.15) is 0 Å². The Kier molecular flexibility index (Phi) is 11.9. The van der Waals surface area contributed by atoms with E-state index in [0.29, 0.717) is 57.3 Å². The third-order valence-electron chi connectivity index (χ3n) is 12.9. The molecule has 0 radical (unpaired) electrons. The second-order valence-corrected chi connectivity index (χ2v) is 23.0. The van der Waals surface area contributed by atoms with E-state index in [2.05, 4.69) is 79.7 Å². The van der Waals surface area contributed by atoms with Crippen molar-refractivity contribution in [1.29, 1.82) is 0 Å². The van der Waals surface area contributed by atoms with Crippen LogP contribution in [0.3, 0.4) is 0 Å². The van der Waals surface area contributed by atoms with Gasteiger partial charge in [-0.15, -0.1) is 0 Å². The number of fused-ring (bicyclic) bond motifs is 4. The van der Waals surface area contributed by atoms with Gasteiger partial charge in [0.1, 0.15) is 28.2 Å². The minimum atomic E-state index is -2.39. The van der Waals surface area contributed by atoms with E-state index < -0.39 is 45.2 Å². The van der Waals surface area contributed by atoms with E-state index in [0.717, 1.165) is 59.1 Å². The summed E-state index contributed by atoms with van der Waals surface area (Å²) in [5.74, 6) is 5.07. The molecule has 4 aliphatic rings. The minimum Gasteiger partial charge on any atom is -0.483 e. The SMILES string of the molecule is CC1(C)Cc2cccc(OP(Oc3ccccc3C(OP(Oc3cccc4c3OC(C)(C)C4)Oc3cccc4c3OC(C)(C)C4)(c3ccccc3)c3ccccc3)Oc3cccc4c3OC(C)(C)C4)c2O1. The predicted molar refractivity (Wildman–Crippen MR) is 277 cm³/mol. The summed E-state index contributed by atoms with van der Waals surface area (Å²) in [7, 11) is -4.69. The zero-order valence-corrected chi connectivity index (χ0v) is 43.1. The lowest BCUT2D eigenvalue weighted by atomic mass is 9.80. The second kappa shape index (κ2) is 18.0. The molecule has 0 spiro atoms. The maximum atomic E-state index is 7.77. The quantitative estimate of drug-likeness (QED) is 0.0730. The van der Waals surface area contributed by atoms with Crippen molar-refractivity contribution in [2.24, 2.45) is 0 Å². The molecule has 0 N–H and O–H groups in total. The van der Waals surface area contributed by atoms with E-state index in [1.807, 2.05) is 133 Å². The summed E-state index contributed by atoms with van der Waals surface area (Å²) < 4.78 is 69.3. The van der Waals surface area contributed by atoms with Crippen LogP contribution >= 0.6 is 17.2 Å². The van der Waals surface area contributed by atoms with Crippen molar-refractivity contribution in [2.75, 3.05) is 0 Å². The Bertz CT molecular complexity index is 2920. The molecule has 0 aliphatic carbocycles. The van der Waals surface area contributed by atoms with Crippen LogP contribution in [0.25, 0.3) is 0 Å². The largest absolute Gasteiger partial charge is 0.530 e. The maximum absolute atomic E-state index is 7.77. The van der Waals surface area contributed by atoms with E-state index in [1.165, 1.54) is 0 Å². The van der Waals surface area contributed by atoms with Crippen LogP contribution in [0, 0.1) is 0 Å². The van der Waals surface area contributed by atoms with Gasteiger partial charge in [0.2, 0.25) is 0 Å². The number of rotatable bonds is 15. The van der Waals surface area contributed by atoms with Crippen LogP contribution in [0.4, 0.5) is 0 Å². The van der Waals surface area contributed by atoms with Gasteiger partial charge in [-0.05, 0) is 96.8 Å². The molecule has 364 valence electrons. The van der Waals surface area contributed by atoms with Crippen LogP contribution in [0.1, 0.15) is 94.3 Å². The maximum Gasteiger partial charge on any atom is 0.530 e. The predicted octanol–water partition coefficient (Wildman–Crippen LogP) is 15.0. The van der Waals surface area contributed by atoms with Crippen LogP contribution in [-0.4, -0.2) is 22.4 Å². The highest BCUT2D eigenvalue weighted by atomic mass is 31.2. The molecule has 0 atom stereocenters. The lowest BCUT2D eigenvalue weighted by Gasteiger charge is -2.38. The standard InChI is InChI=1S/C59H58O10P2/c1-55(2)35-39-21-17-31-47(51(39)60-55)65-70(66-48-32-18-22-40-36-56(3,4)61-52(40)48)64-46-30-16-15-29-45(46)59(43-25-11-9-12-26-43,44-27-13-10-14-28-44)69-71(67-49-33-19-23-41-37-57(5,6)62-53(41)49)68-50-34-20-24-42-38-58(7,8)63-54(42)50/h9-34H,35-38H2,1-8H3. The Labute approximate surface area is 419 Å². The van der Waals surface area contributed by atoms with E-state index in [1.54, 1.807) is 0 Å². The summed E-state index contributed by atoms with van der Waals surface area (Å²) in [6.07, 6.45) is 2.89. The summed E-state index contributed by atoms with van der Waals surface area (Å²) in [5.41, 5.74) is 3.17. The molecule has 71 heavy (non-hydrogen) atoms. The van der Waals surface area contributed by atoms with E-state index in [-0.39, 0.29) is 0 Å². The summed E-state index contributed by atoms with van der Waals surface area (Å²) in [4.78, 5) is 0. The normalized spacial score (nSPS) is 17.2. The van der Waals surface area contributed by atoms with Gasteiger partial charge in [-0.1, -0.05) is 127 Å².